The third kappa shape index (κ3) is 4.08. The predicted octanol–water partition coefficient (Wildman–Crippen LogP) is 3.25. The lowest BCUT2D eigenvalue weighted by molar-refractivity contribution is -0.116. The zero-order valence-corrected chi connectivity index (χ0v) is 16.1. The molecule has 3 aromatic rings. The van der Waals surface area contributed by atoms with E-state index in [1.165, 1.54) is 4.57 Å². The molecule has 0 spiro atoms. The Bertz CT molecular complexity index is 1090. The van der Waals surface area contributed by atoms with Gasteiger partial charge >= 0.3 is 5.76 Å². The van der Waals surface area contributed by atoms with Crippen molar-refractivity contribution in [1.29, 1.82) is 0 Å². The van der Waals surface area contributed by atoms with Crippen LogP contribution in [0.25, 0.3) is 11.1 Å². The maximum absolute atomic E-state index is 12.9. The monoisotopic (exact) mass is 393 g/mol. The number of hydrogen-bond donors (Lipinski definition) is 1. The van der Waals surface area contributed by atoms with Crippen molar-refractivity contribution in [3.63, 3.8) is 0 Å². The number of oxazole rings is 1. The fraction of sp³-hybridized carbons (Fsp3) is 0.318. The van der Waals surface area contributed by atoms with Crippen LogP contribution in [0.5, 0.6) is 0 Å². The second-order valence-corrected chi connectivity index (χ2v) is 7.18. The van der Waals surface area contributed by atoms with E-state index in [1.54, 1.807) is 42.5 Å². The molecule has 150 valence electrons. The van der Waals surface area contributed by atoms with Crippen LogP contribution in [0.4, 0.5) is 5.69 Å². The topological polar surface area (TPSA) is 84.5 Å². The van der Waals surface area contributed by atoms with Crippen LogP contribution >= 0.6 is 0 Å². The first-order valence-corrected chi connectivity index (χ1v) is 9.90. The number of aromatic nitrogens is 1. The Kier molecular flexibility index (Phi) is 5.46. The van der Waals surface area contributed by atoms with Gasteiger partial charge in [0, 0.05) is 26.1 Å². The molecule has 1 aromatic heterocycles. The molecule has 7 heteroatoms. The summed E-state index contributed by atoms with van der Waals surface area (Å²) < 4.78 is 6.64. The van der Waals surface area contributed by atoms with Gasteiger partial charge in [-0.3, -0.25) is 14.2 Å². The molecule has 0 radical (unpaired) electrons. The van der Waals surface area contributed by atoms with Crippen molar-refractivity contribution in [3.05, 3.63) is 64.6 Å². The molecule has 1 N–H and O–H groups in total. The molecule has 7 nitrogen and oxygen atoms in total. The van der Waals surface area contributed by atoms with Crippen molar-refractivity contribution >= 4 is 28.6 Å². The largest absolute Gasteiger partial charge is 0.419 e. The summed E-state index contributed by atoms with van der Waals surface area (Å²) in [7, 11) is 0. The average Bonchev–Trinajstić information content (AvgIpc) is 3.07. The smallest absolute Gasteiger partial charge is 0.408 e. The van der Waals surface area contributed by atoms with Crippen LogP contribution < -0.4 is 11.1 Å². The molecular weight excluding hydrogens is 370 g/mol. The van der Waals surface area contributed by atoms with Crippen LogP contribution in [-0.2, 0) is 11.3 Å². The third-order valence-corrected chi connectivity index (χ3v) is 5.21. The SMILES string of the molecule is O=C(CCn1c(=O)oc2ccccc21)Nc1ccccc1C(=O)N1CCCCC1. The number of rotatable bonds is 5. The minimum Gasteiger partial charge on any atom is -0.408 e. The van der Waals surface area contributed by atoms with Crippen LogP contribution in [0.1, 0.15) is 36.0 Å². The molecule has 2 amide bonds. The molecular formula is C22H23N3O4. The van der Waals surface area contributed by atoms with E-state index in [1.807, 2.05) is 11.0 Å². The average molecular weight is 393 g/mol. The van der Waals surface area contributed by atoms with Gasteiger partial charge in [0.25, 0.3) is 5.91 Å². The second kappa shape index (κ2) is 8.34. The summed E-state index contributed by atoms with van der Waals surface area (Å²) in [5, 5.41) is 2.83. The van der Waals surface area contributed by atoms with Gasteiger partial charge in [-0.2, -0.15) is 0 Å². The summed E-state index contributed by atoms with van der Waals surface area (Å²) in [6.07, 6.45) is 3.25. The summed E-state index contributed by atoms with van der Waals surface area (Å²) in [5.74, 6) is -0.807. The summed E-state index contributed by atoms with van der Waals surface area (Å²) >= 11 is 0. The number of carbonyl (C=O) groups excluding carboxylic acids is 2. The van der Waals surface area contributed by atoms with Gasteiger partial charge in [0.15, 0.2) is 5.58 Å². The number of para-hydroxylation sites is 3. The van der Waals surface area contributed by atoms with Crippen molar-refractivity contribution in [2.75, 3.05) is 18.4 Å². The third-order valence-electron chi connectivity index (χ3n) is 5.21. The number of carbonyl (C=O) groups is 2. The Balaban J connectivity index is 1.45. The summed E-state index contributed by atoms with van der Waals surface area (Å²) in [4.78, 5) is 39.3. The lowest BCUT2D eigenvalue weighted by atomic mass is 10.1. The molecule has 0 unspecified atom stereocenters. The number of fused-ring (bicyclic) bond motifs is 1. The summed E-state index contributed by atoms with van der Waals surface area (Å²) in [6.45, 7) is 1.69. The summed E-state index contributed by atoms with van der Waals surface area (Å²) in [5.41, 5.74) is 2.15. The number of anilines is 1. The number of nitrogens with one attached hydrogen (secondary N) is 1. The zero-order valence-electron chi connectivity index (χ0n) is 16.1. The number of aryl methyl sites for hydroxylation is 1. The molecule has 0 saturated carbocycles. The second-order valence-electron chi connectivity index (χ2n) is 7.18. The van der Waals surface area contributed by atoms with Crippen LogP contribution in [0.3, 0.4) is 0 Å². The molecule has 1 fully saturated rings. The standard InChI is InChI=1S/C22H23N3O4/c26-20(12-15-25-18-10-4-5-11-19(18)29-22(25)28)23-17-9-3-2-8-16(17)21(27)24-13-6-1-7-14-24/h2-5,8-11H,1,6-7,12-15H2,(H,23,26). The molecule has 1 aliphatic rings. The van der Waals surface area contributed by atoms with Crippen LogP contribution in [0, 0.1) is 0 Å². The van der Waals surface area contributed by atoms with E-state index in [0.29, 0.717) is 22.4 Å². The van der Waals surface area contributed by atoms with Crippen LogP contribution in [-0.4, -0.2) is 34.4 Å². The van der Waals surface area contributed by atoms with Crippen molar-refractivity contribution in [2.45, 2.75) is 32.2 Å². The number of nitrogens with zero attached hydrogens (tertiary/aromatic N) is 2. The van der Waals surface area contributed by atoms with Crippen LogP contribution in [0.15, 0.2) is 57.7 Å². The van der Waals surface area contributed by atoms with E-state index < -0.39 is 5.76 Å². The Hall–Kier alpha value is -3.35. The van der Waals surface area contributed by atoms with Gasteiger partial charge in [-0.15, -0.1) is 0 Å². The van der Waals surface area contributed by atoms with Gasteiger partial charge in [0.2, 0.25) is 5.91 Å². The molecule has 1 saturated heterocycles. The lowest BCUT2D eigenvalue weighted by Gasteiger charge is -2.27. The van der Waals surface area contributed by atoms with E-state index in [-0.39, 0.29) is 24.8 Å². The van der Waals surface area contributed by atoms with Crippen molar-refractivity contribution in [2.24, 2.45) is 0 Å². The molecule has 0 aliphatic carbocycles. The maximum atomic E-state index is 12.9. The first-order chi connectivity index (χ1) is 14.1. The number of benzene rings is 2. The molecule has 0 atom stereocenters. The number of amides is 2. The fourth-order valence-electron chi connectivity index (χ4n) is 3.70. The van der Waals surface area contributed by atoms with Gasteiger partial charge in [0.05, 0.1) is 16.8 Å². The fourth-order valence-corrected chi connectivity index (χ4v) is 3.70. The number of likely N-dealkylation sites (tertiary alicyclic amines) is 1. The Morgan fingerprint density at radius 1 is 0.966 bits per heavy atom. The van der Waals surface area contributed by atoms with E-state index in [9.17, 15) is 14.4 Å². The lowest BCUT2D eigenvalue weighted by Crippen LogP contribution is -2.36. The van der Waals surface area contributed by atoms with Crippen molar-refractivity contribution < 1.29 is 14.0 Å². The van der Waals surface area contributed by atoms with Gasteiger partial charge in [-0.1, -0.05) is 24.3 Å². The van der Waals surface area contributed by atoms with Crippen molar-refractivity contribution in [1.82, 2.24) is 9.47 Å². The van der Waals surface area contributed by atoms with E-state index in [2.05, 4.69) is 5.32 Å². The Labute approximate surface area is 167 Å². The highest BCUT2D eigenvalue weighted by Crippen LogP contribution is 2.20. The first kappa shape index (κ1) is 19.0. The normalized spacial score (nSPS) is 14.1. The highest BCUT2D eigenvalue weighted by atomic mass is 16.4. The first-order valence-electron chi connectivity index (χ1n) is 9.90. The molecule has 1 aliphatic heterocycles. The predicted molar refractivity (Wildman–Crippen MR) is 110 cm³/mol. The quantitative estimate of drug-likeness (QED) is 0.721. The zero-order chi connectivity index (χ0) is 20.2. The van der Waals surface area contributed by atoms with Crippen LogP contribution in [0.2, 0.25) is 0 Å². The molecule has 2 heterocycles. The van der Waals surface area contributed by atoms with Gasteiger partial charge in [0.1, 0.15) is 0 Å². The minimum absolute atomic E-state index is 0.0577. The minimum atomic E-state index is -0.486. The highest BCUT2D eigenvalue weighted by Gasteiger charge is 2.21. The Morgan fingerprint density at radius 3 is 2.52 bits per heavy atom. The van der Waals surface area contributed by atoms with Gasteiger partial charge < -0.3 is 14.6 Å². The van der Waals surface area contributed by atoms with Gasteiger partial charge in [-0.05, 0) is 43.5 Å². The van der Waals surface area contributed by atoms with Gasteiger partial charge in [-0.25, -0.2) is 4.79 Å². The molecule has 29 heavy (non-hydrogen) atoms. The highest BCUT2D eigenvalue weighted by molar-refractivity contribution is 6.03. The van der Waals surface area contributed by atoms with Crippen molar-refractivity contribution in [3.8, 4) is 0 Å². The molecule has 2 aromatic carbocycles. The number of piperidine rings is 1. The Morgan fingerprint density at radius 2 is 1.69 bits per heavy atom. The van der Waals surface area contributed by atoms with E-state index >= 15 is 0 Å². The van der Waals surface area contributed by atoms with E-state index in [0.717, 1.165) is 32.4 Å². The molecule has 4 rings (SSSR count). The van der Waals surface area contributed by atoms with E-state index in [4.69, 9.17) is 4.42 Å². The summed E-state index contributed by atoms with van der Waals surface area (Å²) in [6, 6.07) is 14.2. The molecule has 0 bridgehead atoms. The number of hydrogen-bond acceptors (Lipinski definition) is 4. The maximum Gasteiger partial charge on any atom is 0.419 e.